The number of hydrogen-bond acceptors (Lipinski definition) is 3. The summed E-state index contributed by atoms with van der Waals surface area (Å²) in [6.07, 6.45) is 2.14. The van der Waals surface area contributed by atoms with E-state index in [1.807, 2.05) is 6.92 Å². The molecule has 0 saturated carbocycles. The van der Waals surface area contributed by atoms with Crippen LogP contribution in [0, 0.1) is 0 Å². The number of aromatic nitrogens is 1. The first-order valence-corrected chi connectivity index (χ1v) is 4.77. The van der Waals surface area contributed by atoms with Gasteiger partial charge >= 0.3 is 0 Å². The molecule has 1 heterocycles. The summed E-state index contributed by atoms with van der Waals surface area (Å²) in [6, 6.07) is 2.44. The van der Waals surface area contributed by atoms with E-state index in [-0.39, 0.29) is 11.5 Å². The first-order chi connectivity index (χ1) is 7.04. The number of aryl methyl sites for hydroxylation is 1. The number of carbonyl (C=O) groups is 1. The van der Waals surface area contributed by atoms with Gasteiger partial charge in [-0.1, -0.05) is 6.92 Å². The molecule has 1 aromatic rings. The van der Waals surface area contributed by atoms with E-state index in [2.05, 4.69) is 5.32 Å². The van der Waals surface area contributed by atoms with E-state index in [1.54, 1.807) is 19.3 Å². The Morgan fingerprint density at radius 1 is 1.60 bits per heavy atom. The van der Waals surface area contributed by atoms with Crippen molar-refractivity contribution in [3.63, 3.8) is 0 Å². The molecule has 3 N–H and O–H groups in total. The number of pyridine rings is 1. The first kappa shape index (κ1) is 11.5. The van der Waals surface area contributed by atoms with Gasteiger partial charge in [-0.25, -0.2) is 0 Å². The van der Waals surface area contributed by atoms with Crippen LogP contribution in [-0.2, 0) is 11.8 Å². The Morgan fingerprint density at radius 3 is 2.80 bits per heavy atom. The Balaban J connectivity index is 2.77. The molecule has 0 aliphatic heterocycles. The van der Waals surface area contributed by atoms with E-state index in [4.69, 9.17) is 5.73 Å². The molecule has 0 fully saturated rings. The fraction of sp³-hybridized carbons (Fsp3) is 0.400. The molecule has 0 spiro atoms. The summed E-state index contributed by atoms with van der Waals surface area (Å²) in [5, 5.41) is 2.64. The first-order valence-electron chi connectivity index (χ1n) is 4.77. The summed E-state index contributed by atoms with van der Waals surface area (Å²) < 4.78 is 1.40. The minimum absolute atomic E-state index is 0.118. The Kier molecular flexibility index (Phi) is 3.62. The fourth-order valence-corrected chi connectivity index (χ4v) is 1.09. The summed E-state index contributed by atoms with van der Waals surface area (Å²) >= 11 is 0. The van der Waals surface area contributed by atoms with Gasteiger partial charge in [0.05, 0.1) is 11.7 Å². The number of amides is 1. The summed E-state index contributed by atoms with van der Waals surface area (Å²) in [6.45, 7) is 1.84. The molecule has 0 saturated heterocycles. The average molecular weight is 209 g/mol. The maximum atomic E-state index is 11.4. The van der Waals surface area contributed by atoms with Crippen LogP contribution >= 0.6 is 0 Å². The van der Waals surface area contributed by atoms with Crippen molar-refractivity contribution in [2.24, 2.45) is 12.8 Å². The number of anilines is 1. The second-order valence-electron chi connectivity index (χ2n) is 3.37. The zero-order valence-electron chi connectivity index (χ0n) is 8.86. The second-order valence-corrected chi connectivity index (χ2v) is 3.37. The van der Waals surface area contributed by atoms with Crippen LogP contribution in [0.25, 0.3) is 0 Å². The van der Waals surface area contributed by atoms with Crippen molar-refractivity contribution in [2.75, 3.05) is 5.32 Å². The largest absolute Gasteiger partial charge is 0.323 e. The van der Waals surface area contributed by atoms with Crippen molar-refractivity contribution in [1.29, 1.82) is 0 Å². The van der Waals surface area contributed by atoms with Gasteiger partial charge in [0.15, 0.2) is 0 Å². The standard InChI is InChI=1S/C10H15N3O2/c1-3-8(11)10(15)12-7-4-5-9(14)13(2)6-7/h4-6,8H,3,11H2,1-2H3,(H,12,15)/t8-/m0/s1. The molecule has 0 bridgehead atoms. The van der Waals surface area contributed by atoms with Gasteiger partial charge in [0.25, 0.3) is 0 Å². The summed E-state index contributed by atoms with van der Waals surface area (Å²) in [5.74, 6) is -0.240. The molecule has 1 atom stereocenters. The molecule has 1 rings (SSSR count). The highest BCUT2D eigenvalue weighted by Crippen LogP contribution is 2.03. The molecular formula is C10H15N3O2. The summed E-state index contributed by atoms with van der Waals surface area (Å²) in [5.41, 5.74) is 6.01. The van der Waals surface area contributed by atoms with E-state index >= 15 is 0 Å². The Bertz CT molecular complexity index is 411. The van der Waals surface area contributed by atoms with Crippen LogP contribution in [0.15, 0.2) is 23.1 Å². The van der Waals surface area contributed by atoms with Gasteiger partial charge in [-0.05, 0) is 12.5 Å². The predicted molar refractivity (Wildman–Crippen MR) is 58.6 cm³/mol. The molecule has 0 unspecified atom stereocenters. The topological polar surface area (TPSA) is 77.1 Å². The van der Waals surface area contributed by atoms with Crippen molar-refractivity contribution in [3.05, 3.63) is 28.7 Å². The number of nitrogens with two attached hydrogens (primary N) is 1. The summed E-state index contributed by atoms with van der Waals surface area (Å²) in [4.78, 5) is 22.5. The van der Waals surface area contributed by atoms with Crippen LogP contribution in [0.3, 0.4) is 0 Å². The molecule has 5 nitrogen and oxygen atoms in total. The van der Waals surface area contributed by atoms with Gasteiger partial charge < -0.3 is 15.6 Å². The van der Waals surface area contributed by atoms with Gasteiger partial charge in [0.2, 0.25) is 11.5 Å². The Morgan fingerprint density at radius 2 is 2.27 bits per heavy atom. The molecule has 0 aliphatic carbocycles. The highest BCUT2D eigenvalue weighted by Gasteiger charge is 2.10. The molecule has 0 aromatic carbocycles. The van der Waals surface area contributed by atoms with Gasteiger partial charge in [0, 0.05) is 19.3 Å². The van der Waals surface area contributed by atoms with Crippen molar-refractivity contribution in [2.45, 2.75) is 19.4 Å². The third-order valence-corrected chi connectivity index (χ3v) is 2.13. The Hall–Kier alpha value is -1.62. The third-order valence-electron chi connectivity index (χ3n) is 2.13. The van der Waals surface area contributed by atoms with Crippen LogP contribution in [0.5, 0.6) is 0 Å². The second kappa shape index (κ2) is 4.75. The number of hydrogen-bond donors (Lipinski definition) is 2. The van der Waals surface area contributed by atoms with Crippen molar-refractivity contribution in [1.82, 2.24) is 4.57 Å². The quantitative estimate of drug-likeness (QED) is 0.739. The van der Waals surface area contributed by atoms with Crippen molar-refractivity contribution in [3.8, 4) is 0 Å². The highest BCUT2D eigenvalue weighted by molar-refractivity contribution is 5.94. The number of nitrogens with zero attached hydrogens (tertiary/aromatic N) is 1. The smallest absolute Gasteiger partial charge is 0.250 e. The van der Waals surface area contributed by atoms with Crippen LogP contribution in [0.2, 0.25) is 0 Å². The van der Waals surface area contributed by atoms with E-state index in [1.165, 1.54) is 10.6 Å². The fourth-order valence-electron chi connectivity index (χ4n) is 1.09. The molecule has 0 aliphatic rings. The molecule has 15 heavy (non-hydrogen) atoms. The summed E-state index contributed by atoms with van der Waals surface area (Å²) in [7, 11) is 1.62. The lowest BCUT2D eigenvalue weighted by atomic mass is 10.2. The maximum absolute atomic E-state index is 11.4. The maximum Gasteiger partial charge on any atom is 0.250 e. The third kappa shape index (κ3) is 2.92. The number of carbonyl (C=O) groups excluding carboxylic acids is 1. The van der Waals surface area contributed by atoms with Crippen molar-refractivity contribution < 1.29 is 4.79 Å². The van der Waals surface area contributed by atoms with Crippen LogP contribution in [0.1, 0.15) is 13.3 Å². The van der Waals surface area contributed by atoms with E-state index in [0.29, 0.717) is 12.1 Å². The Labute approximate surface area is 87.9 Å². The zero-order chi connectivity index (χ0) is 11.4. The molecular weight excluding hydrogens is 194 g/mol. The van der Waals surface area contributed by atoms with E-state index in [0.717, 1.165) is 0 Å². The van der Waals surface area contributed by atoms with Crippen LogP contribution < -0.4 is 16.6 Å². The lowest BCUT2D eigenvalue weighted by molar-refractivity contribution is -0.117. The molecule has 1 amide bonds. The number of nitrogens with one attached hydrogen (secondary N) is 1. The highest BCUT2D eigenvalue weighted by atomic mass is 16.2. The monoisotopic (exact) mass is 209 g/mol. The SMILES string of the molecule is CC[C@H](N)C(=O)Nc1ccc(=O)n(C)c1. The van der Waals surface area contributed by atoms with Gasteiger partial charge in [0.1, 0.15) is 0 Å². The van der Waals surface area contributed by atoms with Gasteiger partial charge in [-0.15, -0.1) is 0 Å². The van der Waals surface area contributed by atoms with Gasteiger partial charge in [-0.2, -0.15) is 0 Å². The normalized spacial score (nSPS) is 12.2. The number of rotatable bonds is 3. The van der Waals surface area contributed by atoms with Crippen LogP contribution in [-0.4, -0.2) is 16.5 Å². The van der Waals surface area contributed by atoms with E-state index in [9.17, 15) is 9.59 Å². The van der Waals surface area contributed by atoms with Gasteiger partial charge in [-0.3, -0.25) is 9.59 Å². The van der Waals surface area contributed by atoms with Crippen molar-refractivity contribution >= 4 is 11.6 Å². The lowest BCUT2D eigenvalue weighted by Gasteiger charge is -2.10. The molecule has 5 heteroatoms. The molecule has 1 aromatic heterocycles. The minimum Gasteiger partial charge on any atom is -0.323 e. The average Bonchev–Trinajstić information content (AvgIpc) is 2.22. The zero-order valence-corrected chi connectivity index (χ0v) is 8.86. The molecule has 0 radical (unpaired) electrons. The predicted octanol–water partition coefficient (Wildman–Crippen LogP) is 0.0611. The minimum atomic E-state index is -0.512. The molecule has 82 valence electrons. The lowest BCUT2D eigenvalue weighted by Crippen LogP contribution is -2.35. The van der Waals surface area contributed by atoms with E-state index < -0.39 is 6.04 Å². The van der Waals surface area contributed by atoms with Crippen LogP contribution in [0.4, 0.5) is 5.69 Å².